The first-order valence-corrected chi connectivity index (χ1v) is 7.28. The number of sulfonamides is 1. The van der Waals surface area contributed by atoms with E-state index in [9.17, 15) is 12.8 Å². The number of nitrogen functional groups attached to an aromatic ring is 1. The molecule has 0 saturated heterocycles. The van der Waals surface area contributed by atoms with E-state index in [-0.39, 0.29) is 10.6 Å². The van der Waals surface area contributed by atoms with Gasteiger partial charge in [-0.1, -0.05) is 0 Å². The highest BCUT2D eigenvalue weighted by Gasteiger charge is 2.20. The van der Waals surface area contributed by atoms with Gasteiger partial charge in [0.05, 0.1) is 22.0 Å². The zero-order chi connectivity index (χ0) is 15.1. The van der Waals surface area contributed by atoms with Crippen LogP contribution in [0.3, 0.4) is 0 Å². The van der Waals surface area contributed by atoms with E-state index in [0.717, 1.165) is 12.1 Å². The first-order valence-electron chi connectivity index (χ1n) is 5.80. The molecule has 1 heterocycles. The van der Waals surface area contributed by atoms with Gasteiger partial charge in [0.2, 0.25) is 0 Å². The lowest BCUT2D eigenvalue weighted by molar-refractivity contribution is 0.595. The lowest BCUT2D eigenvalue weighted by Gasteiger charge is -2.09. The molecular weight excluding hydrogens is 283 g/mol. The standard InChI is InChI=1S/C12H15FN4O2S/c1-7-12(8(2)17(3)15-7)16-20(18,19)11-5-9(13)4-10(14)6-11/h4-6,16H,14H2,1-3H3. The highest BCUT2D eigenvalue weighted by molar-refractivity contribution is 7.92. The molecule has 3 N–H and O–H groups in total. The summed E-state index contributed by atoms with van der Waals surface area (Å²) in [6.07, 6.45) is 0. The molecule has 2 rings (SSSR count). The fraction of sp³-hybridized carbons (Fsp3) is 0.250. The molecule has 0 bridgehead atoms. The summed E-state index contributed by atoms with van der Waals surface area (Å²) in [5.41, 5.74) is 7.10. The average molecular weight is 298 g/mol. The molecule has 108 valence electrons. The third-order valence-electron chi connectivity index (χ3n) is 2.95. The van der Waals surface area contributed by atoms with Gasteiger partial charge >= 0.3 is 0 Å². The van der Waals surface area contributed by atoms with E-state index >= 15 is 0 Å². The van der Waals surface area contributed by atoms with Crippen LogP contribution in [0.5, 0.6) is 0 Å². The summed E-state index contributed by atoms with van der Waals surface area (Å²) in [4.78, 5) is -0.224. The Morgan fingerprint density at radius 1 is 1.30 bits per heavy atom. The van der Waals surface area contributed by atoms with Crippen LogP contribution in [0, 0.1) is 19.7 Å². The Bertz CT molecular complexity index is 748. The van der Waals surface area contributed by atoms with E-state index in [1.54, 1.807) is 25.6 Å². The Morgan fingerprint density at radius 3 is 2.45 bits per heavy atom. The van der Waals surface area contributed by atoms with Crippen molar-refractivity contribution >= 4 is 21.4 Å². The van der Waals surface area contributed by atoms with Crippen LogP contribution in [0.1, 0.15) is 11.4 Å². The number of aromatic nitrogens is 2. The van der Waals surface area contributed by atoms with Crippen LogP contribution < -0.4 is 10.5 Å². The van der Waals surface area contributed by atoms with Crippen molar-refractivity contribution in [1.29, 1.82) is 0 Å². The second kappa shape index (κ2) is 4.78. The van der Waals surface area contributed by atoms with Crippen molar-refractivity contribution in [2.24, 2.45) is 7.05 Å². The third-order valence-corrected chi connectivity index (χ3v) is 4.28. The largest absolute Gasteiger partial charge is 0.399 e. The van der Waals surface area contributed by atoms with Crippen LogP contribution in [-0.2, 0) is 17.1 Å². The Morgan fingerprint density at radius 2 is 1.95 bits per heavy atom. The lowest BCUT2D eigenvalue weighted by Crippen LogP contribution is -2.14. The summed E-state index contributed by atoms with van der Waals surface area (Å²) in [6.45, 7) is 3.42. The minimum atomic E-state index is -3.91. The average Bonchev–Trinajstić information content (AvgIpc) is 2.54. The Kier molecular flexibility index (Phi) is 3.43. The van der Waals surface area contributed by atoms with Crippen molar-refractivity contribution in [3.63, 3.8) is 0 Å². The molecule has 0 radical (unpaired) electrons. The number of nitrogens with two attached hydrogens (primary N) is 1. The topological polar surface area (TPSA) is 90.0 Å². The zero-order valence-electron chi connectivity index (χ0n) is 11.3. The van der Waals surface area contributed by atoms with Crippen LogP contribution in [-0.4, -0.2) is 18.2 Å². The van der Waals surface area contributed by atoms with Crippen LogP contribution >= 0.6 is 0 Å². The van der Waals surface area contributed by atoms with Crippen LogP contribution in [0.4, 0.5) is 15.8 Å². The molecule has 0 amide bonds. The number of halogens is 1. The predicted molar refractivity (Wildman–Crippen MR) is 74.3 cm³/mol. The van der Waals surface area contributed by atoms with Crippen molar-refractivity contribution in [2.45, 2.75) is 18.7 Å². The third kappa shape index (κ3) is 2.60. The summed E-state index contributed by atoms with van der Waals surface area (Å²) < 4.78 is 41.7. The van der Waals surface area contributed by atoms with E-state index < -0.39 is 15.8 Å². The fourth-order valence-electron chi connectivity index (χ4n) is 1.85. The summed E-state index contributed by atoms with van der Waals surface area (Å²) >= 11 is 0. The SMILES string of the molecule is Cc1nn(C)c(C)c1NS(=O)(=O)c1cc(N)cc(F)c1. The molecule has 0 fully saturated rings. The Labute approximate surface area is 116 Å². The molecule has 0 spiro atoms. The molecule has 0 aliphatic rings. The number of aryl methyl sites for hydroxylation is 2. The molecule has 0 atom stereocenters. The molecule has 0 aliphatic carbocycles. The molecule has 0 aliphatic heterocycles. The van der Waals surface area contributed by atoms with Crippen molar-refractivity contribution in [3.05, 3.63) is 35.4 Å². The molecule has 20 heavy (non-hydrogen) atoms. The van der Waals surface area contributed by atoms with Gasteiger partial charge in [0.25, 0.3) is 10.0 Å². The molecule has 1 aromatic carbocycles. The normalized spacial score (nSPS) is 11.6. The fourth-order valence-corrected chi connectivity index (χ4v) is 3.10. The Balaban J connectivity index is 2.46. The van der Waals surface area contributed by atoms with Gasteiger partial charge < -0.3 is 5.73 Å². The molecular formula is C12H15FN4O2S. The number of hydrogen-bond acceptors (Lipinski definition) is 4. The minimum absolute atomic E-state index is 0.0463. The van der Waals surface area contributed by atoms with Gasteiger partial charge in [0.1, 0.15) is 5.82 Å². The molecule has 8 heteroatoms. The lowest BCUT2D eigenvalue weighted by atomic mass is 10.3. The maximum Gasteiger partial charge on any atom is 0.262 e. The van der Waals surface area contributed by atoms with Gasteiger partial charge in [-0.2, -0.15) is 5.10 Å². The monoisotopic (exact) mass is 298 g/mol. The number of nitrogens with zero attached hydrogens (tertiary/aromatic N) is 2. The maximum atomic E-state index is 13.3. The van der Waals surface area contributed by atoms with Crippen LogP contribution in [0.15, 0.2) is 23.1 Å². The van der Waals surface area contributed by atoms with Gasteiger partial charge in [0, 0.05) is 12.7 Å². The van der Waals surface area contributed by atoms with Crippen LogP contribution in [0.25, 0.3) is 0 Å². The van der Waals surface area contributed by atoms with E-state index in [4.69, 9.17) is 5.73 Å². The van der Waals surface area contributed by atoms with Crippen molar-refractivity contribution in [2.75, 3.05) is 10.5 Å². The first kappa shape index (κ1) is 14.3. The van der Waals surface area contributed by atoms with Gasteiger partial charge in [-0.3, -0.25) is 9.40 Å². The maximum absolute atomic E-state index is 13.3. The first-order chi connectivity index (χ1) is 9.20. The van der Waals surface area contributed by atoms with Crippen molar-refractivity contribution < 1.29 is 12.8 Å². The van der Waals surface area contributed by atoms with E-state index in [2.05, 4.69) is 9.82 Å². The number of anilines is 2. The number of nitrogens with one attached hydrogen (secondary N) is 1. The van der Waals surface area contributed by atoms with Crippen LogP contribution in [0.2, 0.25) is 0 Å². The summed E-state index contributed by atoms with van der Waals surface area (Å²) in [5.74, 6) is -0.704. The predicted octanol–water partition coefficient (Wildman–Crippen LogP) is 1.56. The van der Waals surface area contributed by atoms with E-state index in [1.165, 1.54) is 6.07 Å². The summed E-state index contributed by atoms with van der Waals surface area (Å²) in [5, 5.41) is 4.11. The molecule has 1 aromatic heterocycles. The van der Waals surface area contributed by atoms with Gasteiger partial charge in [-0.15, -0.1) is 0 Å². The van der Waals surface area contributed by atoms with Crippen molar-refractivity contribution in [3.8, 4) is 0 Å². The number of hydrogen-bond donors (Lipinski definition) is 2. The highest BCUT2D eigenvalue weighted by atomic mass is 32.2. The molecule has 6 nitrogen and oxygen atoms in total. The van der Waals surface area contributed by atoms with Crippen molar-refractivity contribution in [1.82, 2.24) is 9.78 Å². The van der Waals surface area contributed by atoms with E-state index in [0.29, 0.717) is 17.1 Å². The van der Waals surface area contributed by atoms with Gasteiger partial charge in [-0.25, -0.2) is 12.8 Å². The highest BCUT2D eigenvalue weighted by Crippen LogP contribution is 2.24. The number of rotatable bonds is 3. The summed E-state index contributed by atoms with van der Waals surface area (Å²) in [6, 6.07) is 3.17. The van der Waals surface area contributed by atoms with Gasteiger partial charge in [0.15, 0.2) is 0 Å². The minimum Gasteiger partial charge on any atom is -0.399 e. The van der Waals surface area contributed by atoms with E-state index in [1.807, 2.05) is 0 Å². The summed E-state index contributed by atoms with van der Waals surface area (Å²) in [7, 11) is -2.20. The quantitative estimate of drug-likeness (QED) is 0.841. The number of benzene rings is 1. The Hall–Kier alpha value is -2.09. The smallest absolute Gasteiger partial charge is 0.262 e. The second-order valence-electron chi connectivity index (χ2n) is 4.50. The second-order valence-corrected chi connectivity index (χ2v) is 6.18. The zero-order valence-corrected chi connectivity index (χ0v) is 12.1. The molecule has 0 unspecified atom stereocenters. The molecule has 2 aromatic rings. The molecule has 0 saturated carbocycles. The van der Waals surface area contributed by atoms with Gasteiger partial charge in [-0.05, 0) is 32.0 Å².